The third kappa shape index (κ3) is 6.90. The van der Waals surface area contributed by atoms with E-state index in [0.29, 0.717) is 47.7 Å². The second-order valence-corrected chi connectivity index (χ2v) is 12.5. The lowest BCUT2D eigenvalue weighted by Gasteiger charge is -2.27. The van der Waals surface area contributed by atoms with Gasteiger partial charge in [0.05, 0.1) is 40.8 Å². The van der Waals surface area contributed by atoms with Gasteiger partial charge in [-0.15, -0.1) is 0 Å². The molecule has 2 aromatic heterocycles. The monoisotopic (exact) mass is 632 g/mol. The van der Waals surface area contributed by atoms with Gasteiger partial charge >= 0.3 is 23.3 Å². The van der Waals surface area contributed by atoms with Crippen LogP contribution in [-0.2, 0) is 34.5 Å². The highest BCUT2D eigenvalue weighted by atomic mass is 16.5. The summed E-state index contributed by atoms with van der Waals surface area (Å²) >= 11 is 0. The summed E-state index contributed by atoms with van der Waals surface area (Å²) in [6, 6.07) is 14.1. The van der Waals surface area contributed by atoms with Crippen LogP contribution in [0.4, 0.5) is 0 Å². The summed E-state index contributed by atoms with van der Waals surface area (Å²) in [5.41, 5.74) is 0.00262. The molecule has 6 rings (SSSR count). The molecule has 2 fully saturated rings. The van der Waals surface area contributed by atoms with Gasteiger partial charge in [-0.3, -0.25) is 32.9 Å². The van der Waals surface area contributed by atoms with Gasteiger partial charge in [-0.25, -0.2) is 9.59 Å². The normalized spacial score (nSPS) is 21.3. The first kappa shape index (κ1) is 32.6. The Hall–Kier alpha value is -4.74. The highest BCUT2D eigenvalue weighted by Gasteiger charge is 2.28. The Morgan fingerprint density at radius 2 is 1.28 bits per heavy atom. The zero-order chi connectivity index (χ0) is 33.0. The van der Waals surface area contributed by atoms with E-state index in [1.54, 1.807) is 55.6 Å². The molecule has 2 aliphatic rings. The van der Waals surface area contributed by atoms with E-state index >= 15 is 0 Å². The number of carboxylic acid groups (broad SMARTS) is 1. The Morgan fingerprint density at radius 1 is 0.761 bits per heavy atom. The Morgan fingerprint density at radius 3 is 1.89 bits per heavy atom. The predicted octanol–water partition coefficient (Wildman–Crippen LogP) is 3.26. The number of ether oxygens (including phenoxy) is 1. The first-order chi connectivity index (χ1) is 22.1. The molecule has 46 heavy (non-hydrogen) atoms. The van der Waals surface area contributed by atoms with Crippen molar-refractivity contribution in [2.24, 2.45) is 30.7 Å². The number of nitrogens with zero attached hydrogens (tertiary/aromatic N) is 3. The number of aromatic nitrogens is 4. The molecular weight excluding hydrogens is 592 g/mol. The van der Waals surface area contributed by atoms with Crippen LogP contribution in [0.1, 0.15) is 51.4 Å². The quantitative estimate of drug-likeness (QED) is 0.306. The van der Waals surface area contributed by atoms with E-state index in [0.717, 1.165) is 38.5 Å². The Kier molecular flexibility index (Phi) is 10.0. The molecule has 2 aliphatic carbocycles. The summed E-state index contributed by atoms with van der Waals surface area (Å²) < 4.78 is 8.86. The number of esters is 1. The second kappa shape index (κ2) is 14.1. The van der Waals surface area contributed by atoms with E-state index in [1.807, 2.05) is 0 Å². The van der Waals surface area contributed by atoms with Crippen LogP contribution in [0, 0.1) is 23.7 Å². The molecule has 4 aromatic rings. The molecule has 2 saturated carbocycles. The summed E-state index contributed by atoms with van der Waals surface area (Å²) in [5.74, 6) is -0.843. The zero-order valence-electron chi connectivity index (χ0n) is 26.1. The van der Waals surface area contributed by atoms with Gasteiger partial charge in [0.25, 0.3) is 11.1 Å². The summed E-state index contributed by atoms with van der Waals surface area (Å²) in [4.78, 5) is 75.1. The fourth-order valence-corrected chi connectivity index (χ4v) is 6.84. The lowest BCUT2D eigenvalue weighted by Crippen LogP contribution is -2.41. The standard InChI is InChI=1S/2C17H20N2O4/c1-23-16(21)12-8-6-11(7-9-12)10-19-15(20)13-4-2-3-5-14(13)18-17(19)22;1-18-14-5-3-2-4-13(14)15(20)19(17(18)23)10-11-6-8-12(9-7-11)16(21)22/h2-5,11-12H,6-10H2,1H3,(H,18,22);2-5,11-12H,6-10H2,1H3,(H,21,22). The van der Waals surface area contributed by atoms with E-state index in [2.05, 4.69) is 4.98 Å². The van der Waals surface area contributed by atoms with Crippen molar-refractivity contribution in [3.8, 4) is 0 Å². The summed E-state index contributed by atoms with van der Waals surface area (Å²) in [5, 5.41) is 10.1. The summed E-state index contributed by atoms with van der Waals surface area (Å²) in [7, 11) is 3.07. The lowest BCUT2D eigenvalue weighted by atomic mass is 9.82. The van der Waals surface area contributed by atoms with Gasteiger partial charge in [0.2, 0.25) is 0 Å². The highest BCUT2D eigenvalue weighted by Crippen LogP contribution is 2.31. The van der Waals surface area contributed by atoms with Crippen molar-refractivity contribution in [1.29, 1.82) is 0 Å². The first-order valence-corrected chi connectivity index (χ1v) is 15.8. The van der Waals surface area contributed by atoms with Crippen LogP contribution in [0.3, 0.4) is 0 Å². The van der Waals surface area contributed by atoms with Crippen LogP contribution in [0.25, 0.3) is 21.8 Å². The number of aliphatic carboxylic acids is 1. The van der Waals surface area contributed by atoms with Crippen LogP contribution >= 0.6 is 0 Å². The van der Waals surface area contributed by atoms with E-state index in [4.69, 9.17) is 9.84 Å². The maximum absolute atomic E-state index is 12.6. The zero-order valence-corrected chi connectivity index (χ0v) is 26.1. The largest absolute Gasteiger partial charge is 0.481 e. The molecule has 0 spiro atoms. The van der Waals surface area contributed by atoms with Crippen molar-refractivity contribution in [3.05, 3.63) is 90.2 Å². The molecule has 0 radical (unpaired) electrons. The third-order valence-electron chi connectivity index (χ3n) is 9.61. The average molecular weight is 633 g/mol. The highest BCUT2D eigenvalue weighted by molar-refractivity contribution is 5.78. The number of H-pyrrole nitrogens is 1. The molecule has 244 valence electrons. The van der Waals surface area contributed by atoms with Gasteiger partial charge in [-0.05, 0) is 87.5 Å². The topological polar surface area (TPSA) is 162 Å². The van der Waals surface area contributed by atoms with Crippen molar-refractivity contribution in [2.45, 2.75) is 64.5 Å². The van der Waals surface area contributed by atoms with Crippen LogP contribution in [0.5, 0.6) is 0 Å². The Labute approximate surface area is 264 Å². The number of hydrogen-bond donors (Lipinski definition) is 2. The van der Waals surface area contributed by atoms with E-state index in [1.165, 1.54) is 20.8 Å². The molecule has 0 saturated heterocycles. The van der Waals surface area contributed by atoms with Gasteiger partial charge in [0, 0.05) is 20.1 Å². The average Bonchev–Trinajstić information content (AvgIpc) is 3.08. The molecular formula is C34H40N4O8. The minimum Gasteiger partial charge on any atom is -0.481 e. The van der Waals surface area contributed by atoms with Crippen LogP contribution in [0.2, 0.25) is 0 Å². The van der Waals surface area contributed by atoms with Gasteiger partial charge in [0.1, 0.15) is 0 Å². The second-order valence-electron chi connectivity index (χ2n) is 12.5. The van der Waals surface area contributed by atoms with Gasteiger partial charge in [-0.1, -0.05) is 24.3 Å². The Balaban J connectivity index is 0.000000181. The molecule has 2 aromatic carbocycles. The van der Waals surface area contributed by atoms with Gasteiger partial charge < -0.3 is 14.8 Å². The number of benzene rings is 2. The molecule has 0 unspecified atom stereocenters. The number of para-hydroxylation sites is 2. The maximum atomic E-state index is 12.6. The number of carbonyl (C=O) groups excluding carboxylic acids is 1. The molecule has 2 N–H and O–H groups in total. The molecule has 0 bridgehead atoms. The van der Waals surface area contributed by atoms with Crippen molar-refractivity contribution >= 4 is 33.7 Å². The first-order valence-electron chi connectivity index (χ1n) is 15.8. The molecule has 12 nitrogen and oxygen atoms in total. The van der Waals surface area contributed by atoms with Crippen molar-refractivity contribution in [1.82, 2.24) is 18.7 Å². The third-order valence-corrected chi connectivity index (χ3v) is 9.61. The van der Waals surface area contributed by atoms with Crippen LogP contribution in [0.15, 0.2) is 67.7 Å². The van der Waals surface area contributed by atoms with Crippen LogP contribution < -0.4 is 22.5 Å². The van der Waals surface area contributed by atoms with Crippen molar-refractivity contribution in [3.63, 3.8) is 0 Å². The van der Waals surface area contributed by atoms with E-state index < -0.39 is 5.97 Å². The maximum Gasteiger partial charge on any atom is 0.331 e. The number of rotatable bonds is 6. The van der Waals surface area contributed by atoms with Crippen molar-refractivity contribution in [2.75, 3.05) is 7.11 Å². The molecule has 12 heteroatoms. The van der Waals surface area contributed by atoms with E-state index in [-0.39, 0.29) is 52.1 Å². The number of fused-ring (bicyclic) bond motifs is 2. The molecule has 2 heterocycles. The predicted molar refractivity (Wildman–Crippen MR) is 173 cm³/mol. The number of methoxy groups -OCH3 is 1. The lowest BCUT2D eigenvalue weighted by molar-refractivity contribution is -0.147. The number of aromatic amines is 1. The SMILES string of the molecule is COC(=O)C1CCC(Cn2c(=O)[nH]c3ccccc3c2=O)CC1.Cn1c(=O)n(CC2CCC(C(=O)O)CC2)c(=O)c2ccccc21. The summed E-state index contributed by atoms with van der Waals surface area (Å²) in [6.07, 6.45) is 5.83. The van der Waals surface area contributed by atoms with Gasteiger partial charge in [0.15, 0.2) is 0 Å². The van der Waals surface area contributed by atoms with Crippen molar-refractivity contribution < 1.29 is 19.4 Å². The van der Waals surface area contributed by atoms with E-state index in [9.17, 15) is 28.8 Å². The fourth-order valence-electron chi connectivity index (χ4n) is 6.84. The molecule has 0 aliphatic heterocycles. The molecule has 0 amide bonds. The number of hydrogen-bond acceptors (Lipinski definition) is 7. The number of carbonyl (C=O) groups is 2. The fraction of sp³-hybridized carbons (Fsp3) is 0.471. The number of nitrogens with one attached hydrogen (secondary N) is 1. The number of carboxylic acids is 1. The minimum atomic E-state index is -0.748. The summed E-state index contributed by atoms with van der Waals surface area (Å²) in [6.45, 7) is 0.759. The van der Waals surface area contributed by atoms with Crippen LogP contribution in [-0.4, -0.2) is 42.8 Å². The smallest absolute Gasteiger partial charge is 0.331 e. The molecule has 0 atom stereocenters. The Bertz CT molecular complexity index is 1970. The van der Waals surface area contributed by atoms with Gasteiger partial charge in [-0.2, -0.15) is 0 Å². The number of aryl methyl sites for hydroxylation is 1. The minimum absolute atomic E-state index is 0.0529.